The van der Waals surface area contributed by atoms with Crippen LogP contribution in [0.2, 0.25) is 0 Å². The average molecular weight is 260 g/mol. The van der Waals surface area contributed by atoms with Crippen molar-refractivity contribution in [1.29, 1.82) is 0 Å². The van der Waals surface area contributed by atoms with Crippen molar-refractivity contribution in [3.63, 3.8) is 0 Å². The van der Waals surface area contributed by atoms with Gasteiger partial charge < -0.3 is 15.4 Å². The van der Waals surface area contributed by atoms with E-state index in [0.717, 1.165) is 11.4 Å². The largest absolute Gasteiger partial charge is 0.495 e. The summed E-state index contributed by atoms with van der Waals surface area (Å²) in [7, 11) is 1.58. The van der Waals surface area contributed by atoms with Gasteiger partial charge in [-0.1, -0.05) is 12.1 Å². The molecule has 0 aromatic heterocycles. The van der Waals surface area contributed by atoms with Gasteiger partial charge in [0, 0.05) is 12.2 Å². The Bertz CT molecular complexity index is 572. The van der Waals surface area contributed by atoms with E-state index in [-0.39, 0.29) is 5.82 Å². The molecule has 0 aliphatic carbocycles. The monoisotopic (exact) mass is 260 g/mol. The van der Waals surface area contributed by atoms with Crippen molar-refractivity contribution in [3.8, 4) is 5.75 Å². The van der Waals surface area contributed by atoms with Gasteiger partial charge in [-0.15, -0.1) is 0 Å². The Balaban J connectivity index is 2.48. The maximum absolute atomic E-state index is 13.3. The number of rotatable bonds is 4. The van der Waals surface area contributed by atoms with E-state index in [1.807, 2.05) is 30.0 Å². The van der Waals surface area contributed by atoms with E-state index < -0.39 is 0 Å². The Morgan fingerprint density at radius 3 is 2.58 bits per heavy atom. The molecule has 0 aliphatic heterocycles. The summed E-state index contributed by atoms with van der Waals surface area (Å²) in [5, 5.41) is 0. The lowest BCUT2D eigenvalue weighted by atomic mass is 10.2. The highest BCUT2D eigenvalue weighted by Crippen LogP contribution is 2.35. The van der Waals surface area contributed by atoms with Gasteiger partial charge in [0.15, 0.2) is 0 Å². The minimum Gasteiger partial charge on any atom is -0.495 e. The van der Waals surface area contributed by atoms with Crippen molar-refractivity contribution in [2.75, 3.05) is 24.3 Å². The summed E-state index contributed by atoms with van der Waals surface area (Å²) in [4.78, 5) is 1.95. The SMILES string of the molecule is CCN(c1cccc(F)c1)c1cccc(OC)c1N. The van der Waals surface area contributed by atoms with Gasteiger partial charge in [0.2, 0.25) is 0 Å². The quantitative estimate of drug-likeness (QED) is 0.854. The summed E-state index contributed by atoms with van der Waals surface area (Å²) in [6.45, 7) is 2.67. The standard InChI is InChI=1S/C15H17FN2O/c1-3-18(12-7-4-6-11(16)10-12)13-8-5-9-14(19-2)15(13)17/h4-10H,3,17H2,1-2H3. The zero-order chi connectivity index (χ0) is 13.8. The van der Waals surface area contributed by atoms with Crippen LogP contribution in [0.5, 0.6) is 5.75 Å². The van der Waals surface area contributed by atoms with Crippen molar-refractivity contribution >= 4 is 17.1 Å². The van der Waals surface area contributed by atoms with Gasteiger partial charge in [0.25, 0.3) is 0 Å². The summed E-state index contributed by atoms with van der Waals surface area (Å²) >= 11 is 0. The van der Waals surface area contributed by atoms with Gasteiger partial charge in [-0.05, 0) is 37.3 Å². The molecule has 0 saturated carbocycles. The highest BCUT2D eigenvalue weighted by molar-refractivity contribution is 5.79. The van der Waals surface area contributed by atoms with Crippen LogP contribution in [0.1, 0.15) is 6.92 Å². The first kappa shape index (κ1) is 13.2. The van der Waals surface area contributed by atoms with E-state index >= 15 is 0 Å². The second kappa shape index (κ2) is 5.61. The molecule has 0 amide bonds. The molecule has 0 bridgehead atoms. The molecule has 19 heavy (non-hydrogen) atoms. The van der Waals surface area contributed by atoms with Crippen molar-refractivity contribution < 1.29 is 9.13 Å². The Morgan fingerprint density at radius 1 is 1.21 bits per heavy atom. The van der Waals surface area contributed by atoms with Crippen LogP contribution in [0.4, 0.5) is 21.5 Å². The molecule has 2 rings (SSSR count). The molecular formula is C15H17FN2O. The van der Waals surface area contributed by atoms with Crippen molar-refractivity contribution in [2.45, 2.75) is 6.92 Å². The lowest BCUT2D eigenvalue weighted by molar-refractivity contribution is 0.417. The maximum atomic E-state index is 13.3. The first-order valence-electron chi connectivity index (χ1n) is 6.13. The molecule has 0 heterocycles. The van der Waals surface area contributed by atoms with Crippen LogP contribution < -0.4 is 15.4 Å². The van der Waals surface area contributed by atoms with Crippen molar-refractivity contribution in [2.24, 2.45) is 0 Å². The van der Waals surface area contributed by atoms with Crippen LogP contribution in [-0.4, -0.2) is 13.7 Å². The Morgan fingerprint density at radius 2 is 1.95 bits per heavy atom. The van der Waals surface area contributed by atoms with Crippen LogP contribution in [0.25, 0.3) is 0 Å². The summed E-state index contributed by atoms with van der Waals surface area (Å²) in [5.74, 6) is 0.352. The zero-order valence-corrected chi connectivity index (χ0v) is 11.1. The third-order valence-corrected chi connectivity index (χ3v) is 2.99. The molecule has 0 spiro atoms. The van der Waals surface area contributed by atoms with Gasteiger partial charge in [-0.2, -0.15) is 0 Å². The van der Waals surface area contributed by atoms with Crippen LogP contribution in [0, 0.1) is 5.82 Å². The first-order valence-corrected chi connectivity index (χ1v) is 6.13. The molecule has 4 heteroatoms. The molecule has 2 N–H and O–H groups in total. The number of ether oxygens (including phenoxy) is 1. The second-order valence-electron chi connectivity index (χ2n) is 4.12. The highest BCUT2D eigenvalue weighted by atomic mass is 19.1. The molecule has 100 valence electrons. The summed E-state index contributed by atoms with van der Waals surface area (Å²) in [5.41, 5.74) is 8.22. The fraction of sp³-hybridized carbons (Fsp3) is 0.200. The number of halogens is 1. The molecular weight excluding hydrogens is 243 g/mol. The van der Waals surface area contributed by atoms with E-state index in [4.69, 9.17) is 10.5 Å². The lowest BCUT2D eigenvalue weighted by Gasteiger charge is -2.25. The first-order chi connectivity index (χ1) is 9.17. The number of nitrogens with zero attached hydrogens (tertiary/aromatic N) is 1. The van der Waals surface area contributed by atoms with Gasteiger partial charge in [-0.3, -0.25) is 0 Å². The van der Waals surface area contributed by atoms with Crippen LogP contribution in [0.3, 0.4) is 0 Å². The number of hydrogen-bond donors (Lipinski definition) is 1. The number of hydrogen-bond acceptors (Lipinski definition) is 3. The smallest absolute Gasteiger partial charge is 0.143 e. The van der Waals surface area contributed by atoms with Gasteiger partial charge >= 0.3 is 0 Å². The third-order valence-electron chi connectivity index (χ3n) is 2.99. The minimum absolute atomic E-state index is 0.266. The van der Waals surface area contributed by atoms with Gasteiger partial charge in [0.1, 0.15) is 11.6 Å². The minimum atomic E-state index is -0.266. The van der Waals surface area contributed by atoms with E-state index in [0.29, 0.717) is 18.0 Å². The lowest BCUT2D eigenvalue weighted by Crippen LogP contribution is -2.17. The number of para-hydroxylation sites is 1. The topological polar surface area (TPSA) is 38.5 Å². The van der Waals surface area contributed by atoms with Crippen LogP contribution >= 0.6 is 0 Å². The van der Waals surface area contributed by atoms with Gasteiger partial charge in [-0.25, -0.2) is 4.39 Å². The number of nitrogen functional groups attached to an aromatic ring is 1. The van der Waals surface area contributed by atoms with Gasteiger partial charge in [0.05, 0.1) is 18.5 Å². The average Bonchev–Trinajstić information content (AvgIpc) is 2.41. The molecule has 3 nitrogen and oxygen atoms in total. The Hall–Kier alpha value is -2.23. The van der Waals surface area contributed by atoms with E-state index in [1.165, 1.54) is 12.1 Å². The Labute approximate surface area is 112 Å². The zero-order valence-electron chi connectivity index (χ0n) is 11.1. The molecule has 0 unspecified atom stereocenters. The maximum Gasteiger partial charge on any atom is 0.143 e. The molecule has 0 atom stereocenters. The summed E-state index contributed by atoms with van der Waals surface area (Å²) < 4.78 is 18.6. The van der Waals surface area contributed by atoms with E-state index in [1.54, 1.807) is 19.2 Å². The number of methoxy groups -OCH3 is 1. The molecule has 0 saturated heterocycles. The predicted octanol–water partition coefficient (Wildman–Crippen LogP) is 3.57. The molecule has 0 aliphatic rings. The predicted molar refractivity (Wildman–Crippen MR) is 76.5 cm³/mol. The second-order valence-corrected chi connectivity index (χ2v) is 4.12. The fourth-order valence-electron chi connectivity index (χ4n) is 2.08. The normalized spacial score (nSPS) is 10.3. The number of benzene rings is 2. The molecule has 2 aromatic rings. The van der Waals surface area contributed by atoms with E-state index in [2.05, 4.69) is 0 Å². The van der Waals surface area contributed by atoms with E-state index in [9.17, 15) is 4.39 Å². The highest BCUT2D eigenvalue weighted by Gasteiger charge is 2.13. The molecule has 0 fully saturated rings. The van der Waals surface area contributed by atoms with Crippen molar-refractivity contribution in [1.82, 2.24) is 0 Å². The molecule has 0 radical (unpaired) electrons. The fourth-order valence-corrected chi connectivity index (χ4v) is 2.08. The molecule has 2 aromatic carbocycles. The number of nitrogens with two attached hydrogens (primary N) is 1. The summed E-state index contributed by atoms with van der Waals surface area (Å²) in [6.07, 6.45) is 0. The van der Waals surface area contributed by atoms with Crippen LogP contribution in [0.15, 0.2) is 42.5 Å². The van der Waals surface area contributed by atoms with Crippen LogP contribution in [-0.2, 0) is 0 Å². The number of anilines is 3. The van der Waals surface area contributed by atoms with Crippen molar-refractivity contribution in [3.05, 3.63) is 48.3 Å². The third kappa shape index (κ3) is 2.62. The summed E-state index contributed by atoms with van der Waals surface area (Å²) in [6, 6.07) is 12.0. The Kier molecular flexibility index (Phi) is 3.90.